The van der Waals surface area contributed by atoms with E-state index in [1.54, 1.807) is 12.1 Å². The minimum atomic E-state index is -3.43. The minimum absolute atomic E-state index is 0.260. The third-order valence-corrected chi connectivity index (χ3v) is 5.38. The molecule has 1 aromatic rings. The van der Waals surface area contributed by atoms with Crippen LogP contribution >= 0.6 is 0 Å². The lowest BCUT2D eigenvalue weighted by Gasteiger charge is -2.10. The van der Waals surface area contributed by atoms with E-state index in [1.807, 2.05) is 6.92 Å². The molecule has 0 saturated heterocycles. The first-order valence-electron chi connectivity index (χ1n) is 7.34. The van der Waals surface area contributed by atoms with Gasteiger partial charge in [0.25, 0.3) is 0 Å². The Morgan fingerprint density at radius 3 is 2.60 bits per heavy atom. The normalized spacial score (nSPS) is 16.6. The van der Waals surface area contributed by atoms with Gasteiger partial charge in [-0.05, 0) is 49.4 Å². The summed E-state index contributed by atoms with van der Waals surface area (Å²) in [5.74, 6) is 0.800. The summed E-state index contributed by atoms with van der Waals surface area (Å²) in [4.78, 5) is 0.260. The number of sulfonamides is 1. The average Bonchev–Trinajstić information content (AvgIpc) is 2.86. The number of nitrogens with one attached hydrogen (secondary N) is 1. The summed E-state index contributed by atoms with van der Waals surface area (Å²) in [6, 6.07) is 4.92. The van der Waals surface area contributed by atoms with Crippen LogP contribution in [0.5, 0.6) is 0 Å². The maximum absolute atomic E-state index is 12.2. The number of anilines is 1. The van der Waals surface area contributed by atoms with Gasteiger partial charge in [0.2, 0.25) is 10.0 Å². The number of hydrogen-bond donors (Lipinski definition) is 2. The Labute approximate surface area is 121 Å². The fourth-order valence-electron chi connectivity index (χ4n) is 2.91. The largest absolute Gasteiger partial charge is 0.399 e. The molecule has 4 nitrogen and oxygen atoms in total. The van der Waals surface area contributed by atoms with E-state index in [9.17, 15) is 8.42 Å². The van der Waals surface area contributed by atoms with Gasteiger partial charge >= 0.3 is 0 Å². The zero-order valence-electron chi connectivity index (χ0n) is 12.1. The third kappa shape index (κ3) is 4.21. The molecule has 0 atom stereocenters. The number of rotatable bonds is 6. The summed E-state index contributed by atoms with van der Waals surface area (Å²) in [5.41, 5.74) is 7.04. The van der Waals surface area contributed by atoms with Gasteiger partial charge in [-0.1, -0.05) is 25.7 Å². The number of nitrogen functional groups attached to an aromatic ring is 1. The summed E-state index contributed by atoms with van der Waals surface area (Å²) in [5, 5.41) is 0. The van der Waals surface area contributed by atoms with Crippen molar-refractivity contribution in [2.75, 3.05) is 12.3 Å². The Morgan fingerprint density at radius 1 is 1.25 bits per heavy atom. The maximum atomic E-state index is 12.2. The van der Waals surface area contributed by atoms with Crippen LogP contribution in [-0.4, -0.2) is 15.0 Å². The molecular formula is C15H24N2O2S. The highest BCUT2D eigenvalue weighted by molar-refractivity contribution is 7.89. The van der Waals surface area contributed by atoms with Crippen molar-refractivity contribution in [3.63, 3.8) is 0 Å². The monoisotopic (exact) mass is 296 g/mol. The van der Waals surface area contributed by atoms with Crippen molar-refractivity contribution in [1.29, 1.82) is 0 Å². The first-order valence-corrected chi connectivity index (χ1v) is 8.82. The maximum Gasteiger partial charge on any atom is 0.240 e. The SMILES string of the molecule is Cc1cc(N)cc(S(=O)(=O)NCCCC2CCCC2)c1. The second-order valence-corrected chi connectivity index (χ2v) is 7.54. The zero-order chi connectivity index (χ0) is 14.6. The van der Waals surface area contributed by atoms with Gasteiger partial charge in [0.15, 0.2) is 0 Å². The molecule has 0 aromatic heterocycles. The Bertz CT molecular complexity index is 529. The molecule has 0 aliphatic heterocycles. The predicted molar refractivity (Wildman–Crippen MR) is 82.0 cm³/mol. The molecule has 1 aliphatic carbocycles. The molecule has 1 aliphatic rings. The predicted octanol–water partition coefficient (Wildman–Crippen LogP) is 2.83. The lowest BCUT2D eigenvalue weighted by Crippen LogP contribution is -2.25. The Balaban J connectivity index is 1.86. The summed E-state index contributed by atoms with van der Waals surface area (Å²) in [6.07, 6.45) is 7.31. The van der Waals surface area contributed by atoms with Crippen molar-refractivity contribution in [2.45, 2.75) is 50.3 Å². The highest BCUT2D eigenvalue weighted by Crippen LogP contribution is 2.28. The number of nitrogens with two attached hydrogens (primary N) is 1. The zero-order valence-corrected chi connectivity index (χ0v) is 12.9. The second kappa shape index (κ2) is 6.59. The van der Waals surface area contributed by atoms with Gasteiger partial charge in [0.1, 0.15) is 0 Å². The van der Waals surface area contributed by atoms with Gasteiger partial charge < -0.3 is 5.73 Å². The molecule has 5 heteroatoms. The van der Waals surface area contributed by atoms with Gasteiger partial charge in [-0.15, -0.1) is 0 Å². The molecule has 0 amide bonds. The molecule has 0 heterocycles. The van der Waals surface area contributed by atoms with Crippen LogP contribution in [0.3, 0.4) is 0 Å². The smallest absolute Gasteiger partial charge is 0.240 e. The van der Waals surface area contributed by atoms with Gasteiger partial charge in [-0.3, -0.25) is 0 Å². The fraction of sp³-hybridized carbons (Fsp3) is 0.600. The summed E-state index contributed by atoms with van der Waals surface area (Å²) < 4.78 is 27.0. The summed E-state index contributed by atoms with van der Waals surface area (Å²) in [6.45, 7) is 2.35. The van der Waals surface area contributed by atoms with Crippen LogP contribution in [0.15, 0.2) is 23.1 Å². The van der Waals surface area contributed by atoms with Crippen molar-refractivity contribution in [3.8, 4) is 0 Å². The summed E-state index contributed by atoms with van der Waals surface area (Å²) in [7, 11) is -3.43. The molecule has 1 aromatic carbocycles. The molecule has 20 heavy (non-hydrogen) atoms. The minimum Gasteiger partial charge on any atom is -0.399 e. The number of hydrogen-bond acceptors (Lipinski definition) is 3. The highest BCUT2D eigenvalue weighted by atomic mass is 32.2. The van der Waals surface area contributed by atoms with Gasteiger partial charge in [0, 0.05) is 12.2 Å². The van der Waals surface area contributed by atoms with Crippen LogP contribution in [0.2, 0.25) is 0 Å². The molecule has 0 spiro atoms. The highest BCUT2D eigenvalue weighted by Gasteiger charge is 2.16. The van der Waals surface area contributed by atoms with Gasteiger partial charge in [-0.2, -0.15) is 0 Å². The van der Waals surface area contributed by atoms with Crippen LogP contribution < -0.4 is 10.5 Å². The molecule has 1 saturated carbocycles. The molecule has 3 N–H and O–H groups in total. The lowest BCUT2D eigenvalue weighted by molar-refractivity contribution is 0.480. The molecule has 2 rings (SSSR count). The van der Waals surface area contributed by atoms with Crippen LogP contribution in [-0.2, 0) is 10.0 Å². The topological polar surface area (TPSA) is 72.2 Å². The van der Waals surface area contributed by atoms with E-state index < -0.39 is 10.0 Å². The molecule has 1 fully saturated rings. The van der Waals surface area contributed by atoms with Crippen molar-refractivity contribution in [2.24, 2.45) is 5.92 Å². The van der Waals surface area contributed by atoms with Gasteiger partial charge in [0.05, 0.1) is 4.90 Å². The fourth-order valence-corrected chi connectivity index (χ4v) is 4.12. The van der Waals surface area contributed by atoms with Crippen molar-refractivity contribution in [1.82, 2.24) is 4.72 Å². The van der Waals surface area contributed by atoms with Crippen LogP contribution in [0.4, 0.5) is 5.69 Å². The molecule has 0 bridgehead atoms. The van der Waals surface area contributed by atoms with Crippen LogP contribution in [0.1, 0.15) is 44.1 Å². The van der Waals surface area contributed by atoms with Gasteiger partial charge in [-0.25, -0.2) is 13.1 Å². The van der Waals surface area contributed by atoms with E-state index in [0.717, 1.165) is 24.3 Å². The Kier molecular flexibility index (Phi) is 5.05. The standard InChI is InChI=1S/C15H24N2O2S/c1-12-9-14(16)11-15(10-12)20(18,19)17-8-4-7-13-5-2-3-6-13/h9-11,13,17H,2-8,16H2,1H3. The molecule has 0 radical (unpaired) electrons. The van der Waals surface area contributed by atoms with E-state index in [2.05, 4.69) is 4.72 Å². The summed E-state index contributed by atoms with van der Waals surface area (Å²) >= 11 is 0. The van der Waals surface area contributed by atoms with E-state index in [4.69, 9.17) is 5.73 Å². The average molecular weight is 296 g/mol. The van der Waals surface area contributed by atoms with Crippen LogP contribution in [0.25, 0.3) is 0 Å². The second-order valence-electron chi connectivity index (χ2n) is 5.77. The van der Waals surface area contributed by atoms with Crippen molar-refractivity contribution < 1.29 is 8.42 Å². The lowest BCUT2D eigenvalue weighted by atomic mass is 10.0. The van der Waals surface area contributed by atoms with E-state index >= 15 is 0 Å². The number of aryl methyl sites for hydroxylation is 1. The quantitative estimate of drug-likeness (QED) is 0.626. The third-order valence-electron chi connectivity index (χ3n) is 3.94. The molecule has 112 valence electrons. The van der Waals surface area contributed by atoms with Crippen LogP contribution in [0, 0.1) is 12.8 Å². The first kappa shape index (κ1) is 15.3. The van der Waals surface area contributed by atoms with Crippen molar-refractivity contribution in [3.05, 3.63) is 23.8 Å². The molecular weight excluding hydrogens is 272 g/mol. The first-order chi connectivity index (χ1) is 9.47. The Morgan fingerprint density at radius 2 is 1.95 bits per heavy atom. The van der Waals surface area contributed by atoms with E-state index in [1.165, 1.54) is 31.7 Å². The molecule has 0 unspecified atom stereocenters. The number of benzene rings is 1. The Hall–Kier alpha value is -1.07. The van der Waals surface area contributed by atoms with E-state index in [0.29, 0.717) is 12.2 Å². The van der Waals surface area contributed by atoms with E-state index in [-0.39, 0.29) is 4.90 Å². The van der Waals surface area contributed by atoms with Crippen molar-refractivity contribution >= 4 is 15.7 Å².